The molecule has 0 aliphatic rings. The molecule has 6 nitrogen and oxygen atoms in total. The fourth-order valence-corrected chi connectivity index (χ4v) is 1.59. The maximum atomic E-state index is 11.9. The van der Waals surface area contributed by atoms with Crippen molar-refractivity contribution in [3.05, 3.63) is 41.5 Å². The molecule has 0 bridgehead atoms. The first-order valence-electron chi connectivity index (χ1n) is 6.53. The third kappa shape index (κ3) is 5.48. The smallest absolute Gasteiger partial charge is 0.328 e. The highest BCUT2D eigenvalue weighted by Crippen LogP contribution is 2.06. The molecule has 1 rings (SSSR count). The Kier molecular flexibility index (Phi) is 6.13. The van der Waals surface area contributed by atoms with Gasteiger partial charge in [0.1, 0.15) is 6.04 Å². The number of aliphatic carboxylic acids is 1. The highest BCUT2D eigenvalue weighted by atomic mass is 16.4. The largest absolute Gasteiger partial charge is 0.478 e. The molecule has 2 amide bonds. The number of likely N-dealkylation sites (N-methyl/N-ethyl adjacent to an activating group) is 1. The van der Waals surface area contributed by atoms with Crippen LogP contribution < -0.4 is 10.6 Å². The summed E-state index contributed by atoms with van der Waals surface area (Å²) in [5.74, 6) is -1.64. The molecule has 0 aromatic heterocycles. The van der Waals surface area contributed by atoms with Gasteiger partial charge in [-0.1, -0.05) is 12.1 Å². The molecule has 1 aromatic rings. The Morgan fingerprint density at radius 3 is 2.38 bits per heavy atom. The summed E-state index contributed by atoms with van der Waals surface area (Å²) >= 11 is 0. The van der Waals surface area contributed by atoms with Crippen molar-refractivity contribution in [3.63, 3.8) is 0 Å². The Morgan fingerprint density at radius 2 is 1.86 bits per heavy atom. The van der Waals surface area contributed by atoms with Crippen molar-refractivity contribution in [1.29, 1.82) is 0 Å². The number of carboxylic acid groups (broad SMARTS) is 1. The van der Waals surface area contributed by atoms with Gasteiger partial charge in [-0.25, -0.2) is 4.79 Å². The fourth-order valence-electron chi connectivity index (χ4n) is 1.59. The Balaban J connectivity index is 2.67. The van der Waals surface area contributed by atoms with Gasteiger partial charge in [0, 0.05) is 18.2 Å². The number of amides is 2. The summed E-state index contributed by atoms with van der Waals surface area (Å²) in [6.45, 7) is 3.91. The van der Waals surface area contributed by atoms with Crippen molar-refractivity contribution in [2.75, 3.05) is 6.54 Å². The SMILES string of the molecule is CCNC(=O)C(C)NC(=O)c1ccc(C=CC(=O)O)cc1. The number of carbonyl (C=O) groups excluding carboxylic acids is 2. The zero-order chi connectivity index (χ0) is 15.8. The zero-order valence-electron chi connectivity index (χ0n) is 11.9. The summed E-state index contributed by atoms with van der Waals surface area (Å²) < 4.78 is 0. The highest BCUT2D eigenvalue weighted by Gasteiger charge is 2.15. The summed E-state index contributed by atoms with van der Waals surface area (Å²) in [5, 5.41) is 13.7. The van der Waals surface area contributed by atoms with E-state index in [4.69, 9.17) is 5.11 Å². The Morgan fingerprint density at radius 1 is 1.24 bits per heavy atom. The molecule has 0 saturated carbocycles. The molecule has 0 saturated heterocycles. The lowest BCUT2D eigenvalue weighted by Gasteiger charge is -2.13. The number of carbonyl (C=O) groups is 3. The fraction of sp³-hybridized carbons (Fsp3) is 0.267. The van der Waals surface area contributed by atoms with Crippen molar-refractivity contribution < 1.29 is 19.5 Å². The standard InChI is InChI=1S/C15H18N2O4/c1-3-16-14(20)10(2)17-15(21)12-7-4-11(5-8-12)6-9-13(18)19/h4-10H,3H2,1-2H3,(H,16,20)(H,17,21)(H,18,19). The molecule has 6 heteroatoms. The lowest BCUT2D eigenvalue weighted by atomic mass is 10.1. The van der Waals surface area contributed by atoms with Crippen LogP contribution in [0.3, 0.4) is 0 Å². The van der Waals surface area contributed by atoms with Crippen LogP contribution in [-0.2, 0) is 9.59 Å². The van der Waals surface area contributed by atoms with Gasteiger partial charge in [-0.3, -0.25) is 9.59 Å². The lowest BCUT2D eigenvalue weighted by molar-refractivity contribution is -0.131. The number of nitrogens with one attached hydrogen (secondary N) is 2. The van der Waals surface area contributed by atoms with Crippen LogP contribution >= 0.6 is 0 Å². The summed E-state index contributed by atoms with van der Waals surface area (Å²) in [5.41, 5.74) is 1.07. The van der Waals surface area contributed by atoms with Gasteiger partial charge in [0.15, 0.2) is 0 Å². The van der Waals surface area contributed by atoms with Gasteiger partial charge in [-0.15, -0.1) is 0 Å². The monoisotopic (exact) mass is 290 g/mol. The number of rotatable bonds is 6. The summed E-state index contributed by atoms with van der Waals surface area (Å²) in [4.78, 5) is 33.9. The second-order valence-electron chi connectivity index (χ2n) is 4.38. The van der Waals surface area contributed by atoms with E-state index in [1.807, 2.05) is 0 Å². The third-order valence-electron chi connectivity index (χ3n) is 2.68. The Hall–Kier alpha value is -2.63. The van der Waals surface area contributed by atoms with E-state index in [0.29, 0.717) is 17.7 Å². The number of hydrogen-bond donors (Lipinski definition) is 3. The molecule has 0 radical (unpaired) electrons. The van der Waals surface area contributed by atoms with Gasteiger partial charge in [0.2, 0.25) is 5.91 Å². The van der Waals surface area contributed by atoms with Gasteiger partial charge < -0.3 is 15.7 Å². The Labute approximate surface area is 122 Å². The van der Waals surface area contributed by atoms with E-state index in [-0.39, 0.29) is 11.8 Å². The molecule has 0 heterocycles. The van der Waals surface area contributed by atoms with Crippen LogP contribution in [0.15, 0.2) is 30.3 Å². The van der Waals surface area contributed by atoms with Crippen molar-refractivity contribution in [3.8, 4) is 0 Å². The zero-order valence-corrected chi connectivity index (χ0v) is 11.9. The predicted octanol–water partition coefficient (Wildman–Crippen LogP) is 1.04. The van der Waals surface area contributed by atoms with Crippen molar-refractivity contribution in [1.82, 2.24) is 10.6 Å². The van der Waals surface area contributed by atoms with E-state index in [1.165, 1.54) is 6.08 Å². The molecule has 1 aromatic carbocycles. The van der Waals surface area contributed by atoms with E-state index < -0.39 is 12.0 Å². The molecule has 0 fully saturated rings. The number of benzene rings is 1. The minimum atomic E-state index is -1.03. The number of carboxylic acids is 1. The van der Waals surface area contributed by atoms with Gasteiger partial charge in [0.05, 0.1) is 0 Å². The summed E-state index contributed by atoms with van der Waals surface area (Å²) in [6, 6.07) is 5.78. The van der Waals surface area contributed by atoms with Crippen molar-refractivity contribution >= 4 is 23.9 Å². The normalized spacial score (nSPS) is 11.9. The van der Waals surface area contributed by atoms with E-state index in [2.05, 4.69) is 10.6 Å². The molecule has 21 heavy (non-hydrogen) atoms. The van der Waals surface area contributed by atoms with Crippen LogP contribution in [-0.4, -0.2) is 35.5 Å². The predicted molar refractivity (Wildman–Crippen MR) is 78.7 cm³/mol. The highest BCUT2D eigenvalue weighted by molar-refractivity contribution is 5.97. The van der Waals surface area contributed by atoms with Crippen LogP contribution in [0, 0.1) is 0 Å². The van der Waals surface area contributed by atoms with Crippen LogP contribution in [0.1, 0.15) is 29.8 Å². The average molecular weight is 290 g/mol. The third-order valence-corrected chi connectivity index (χ3v) is 2.68. The molecule has 0 aliphatic heterocycles. The molecular weight excluding hydrogens is 272 g/mol. The van der Waals surface area contributed by atoms with Crippen molar-refractivity contribution in [2.24, 2.45) is 0 Å². The first-order valence-corrected chi connectivity index (χ1v) is 6.53. The summed E-state index contributed by atoms with van der Waals surface area (Å²) in [6.07, 6.45) is 2.45. The van der Waals surface area contributed by atoms with Crippen molar-refractivity contribution in [2.45, 2.75) is 19.9 Å². The van der Waals surface area contributed by atoms with Crippen LogP contribution in [0.5, 0.6) is 0 Å². The van der Waals surface area contributed by atoms with E-state index >= 15 is 0 Å². The van der Waals surface area contributed by atoms with Crippen LogP contribution in [0.25, 0.3) is 6.08 Å². The second kappa shape index (κ2) is 7.84. The minimum absolute atomic E-state index is 0.244. The first-order chi connectivity index (χ1) is 9.93. The van der Waals surface area contributed by atoms with Crippen LogP contribution in [0.2, 0.25) is 0 Å². The van der Waals surface area contributed by atoms with Gasteiger partial charge in [-0.05, 0) is 37.6 Å². The topological polar surface area (TPSA) is 95.5 Å². The molecule has 1 unspecified atom stereocenters. The maximum Gasteiger partial charge on any atom is 0.328 e. The Bertz CT molecular complexity index is 549. The number of hydrogen-bond acceptors (Lipinski definition) is 3. The van der Waals surface area contributed by atoms with Gasteiger partial charge in [-0.2, -0.15) is 0 Å². The molecule has 112 valence electrons. The molecule has 3 N–H and O–H groups in total. The molecule has 0 aliphatic carbocycles. The van der Waals surface area contributed by atoms with Gasteiger partial charge in [0.25, 0.3) is 5.91 Å². The average Bonchev–Trinajstić information content (AvgIpc) is 2.45. The van der Waals surface area contributed by atoms with Crippen LogP contribution in [0.4, 0.5) is 0 Å². The quantitative estimate of drug-likeness (QED) is 0.682. The van der Waals surface area contributed by atoms with Gasteiger partial charge >= 0.3 is 5.97 Å². The minimum Gasteiger partial charge on any atom is -0.478 e. The second-order valence-corrected chi connectivity index (χ2v) is 4.38. The maximum absolute atomic E-state index is 11.9. The van der Waals surface area contributed by atoms with E-state index in [1.54, 1.807) is 38.1 Å². The molecule has 0 spiro atoms. The molecule has 1 atom stereocenters. The first kappa shape index (κ1) is 16.4. The lowest BCUT2D eigenvalue weighted by Crippen LogP contribution is -2.44. The van der Waals surface area contributed by atoms with E-state index in [0.717, 1.165) is 6.08 Å². The molecular formula is C15H18N2O4. The summed E-state index contributed by atoms with van der Waals surface area (Å²) in [7, 11) is 0. The van der Waals surface area contributed by atoms with E-state index in [9.17, 15) is 14.4 Å².